The second-order valence-electron chi connectivity index (χ2n) is 7.29. The molecule has 0 aliphatic carbocycles. The molecule has 3 aromatic carbocycles. The van der Waals surface area contributed by atoms with Gasteiger partial charge in [-0.2, -0.15) is 39.5 Å². The van der Waals surface area contributed by atoms with Crippen molar-refractivity contribution in [2.24, 2.45) is 0 Å². The molecule has 0 unspecified atom stereocenters. The van der Waals surface area contributed by atoms with Crippen LogP contribution >= 0.6 is 0 Å². The Kier molecular flexibility index (Phi) is 5.80. The van der Waals surface area contributed by atoms with E-state index in [1.165, 1.54) is 0 Å². The van der Waals surface area contributed by atoms with E-state index in [0.29, 0.717) is 0 Å². The zero-order chi connectivity index (χ0) is 24.8. The molecule has 0 atom stereocenters. The van der Waals surface area contributed by atoms with Crippen molar-refractivity contribution >= 4 is 11.4 Å². The maximum atomic E-state index is 14.9. The van der Waals surface area contributed by atoms with Crippen LogP contribution in [-0.4, -0.2) is 6.18 Å². The third-order valence-corrected chi connectivity index (χ3v) is 5.13. The summed E-state index contributed by atoms with van der Waals surface area (Å²) in [6, 6.07) is 7.87. The molecule has 2 nitrogen and oxygen atoms in total. The number of hydrogen-bond acceptors (Lipinski definition) is 2. The van der Waals surface area contributed by atoms with Crippen molar-refractivity contribution < 1.29 is 39.5 Å². The van der Waals surface area contributed by atoms with Crippen LogP contribution in [0.3, 0.4) is 0 Å². The zero-order valence-corrected chi connectivity index (χ0v) is 16.4. The van der Waals surface area contributed by atoms with Crippen LogP contribution in [0.1, 0.15) is 27.8 Å². The number of hydrogen-bond donors (Lipinski definition) is 2. The highest BCUT2D eigenvalue weighted by atomic mass is 19.4. The Bertz CT molecular complexity index is 1050. The number of benzene rings is 3. The molecule has 176 valence electrons. The molecule has 0 saturated carbocycles. The van der Waals surface area contributed by atoms with Crippen LogP contribution in [0, 0.1) is 0 Å². The Morgan fingerprint density at radius 1 is 0.424 bits per heavy atom. The summed E-state index contributed by atoms with van der Waals surface area (Å²) in [7, 11) is 0. The minimum absolute atomic E-state index is 0.0483. The molecule has 0 spiro atoms. The lowest BCUT2D eigenvalue weighted by Gasteiger charge is -2.38. The standard InChI is InChI=1S/C22H15F9N2/c23-20(24,25)15-9-14(10-16(11-15)21(26,27)28)19(22(29,30)31,12-1-5-17(32)6-2-12)13-3-7-18(33)8-4-13/h1-11H,32-33H2. The van der Waals surface area contributed by atoms with E-state index in [4.69, 9.17) is 11.5 Å². The lowest BCUT2D eigenvalue weighted by atomic mass is 9.68. The molecular weight excluding hydrogens is 463 g/mol. The minimum atomic E-state index is -5.37. The van der Waals surface area contributed by atoms with Crippen LogP contribution in [-0.2, 0) is 17.8 Å². The summed E-state index contributed by atoms with van der Waals surface area (Å²) in [5.74, 6) is 0. The molecule has 0 fully saturated rings. The van der Waals surface area contributed by atoms with Crippen molar-refractivity contribution in [3.8, 4) is 0 Å². The molecule has 0 radical (unpaired) electrons. The van der Waals surface area contributed by atoms with E-state index in [0.717, 1.165) is 48.5 Å². The van der Waals surface area contributed by atoms with Crippen molar-refractivity contribution in [3.05, 3.63) is 94.5 Å². The summed E-state index contributed by atoms with van der Waals surface area (Å²) < 4.78 is 125. The SMILES string of the molecule is Nc1ccc(C(c2ccc(N)cc2)(c2cc(C(F)(F)F)cc(C(F)(F)F)c2)C(F)(F)F)cc1. The topological polar surface area (TPSA) is 52.0 Å². The molecule has 0 aromatic heterocycles. The maximum absolute atomic E-state index is 14.9. The smallest absolute Gasteiger partial charge is 0.399 e. The van der Waals surface area contributed by atoms with Gasteiger partial charge in [0.25, 0.3) is 0 Å². The zero-order valence-electron chi connectivity index (χ0n) is 16.4. The monoisotopic (exact) mass is 478 g/mol. The molecule has 0 aliphatic rings. The minimum Gasteiger partial charge on any atom is -0.399 e. The molecular formula is C22H15F9N2. The number of nitrogen functional groups attached to an aromatic ring is 2. The highest BCUT2D eigenvalue weighted by Gasteiger charge is 2.59. The normalized spacial score (nSPS) is 13.2. The van der Waals surface area contributed by atoms with Gasteiger partial charge in [-0.05, 0) is 59.2 Å². The van der Waals surface area contributed by atoms with Gasteiger partial charge in [0, 0.05) is 11.4 Å². The van der Waals surface area contributed by atoms with Crippen molar-refractivity contribution in [3.63, 3.8) is 0 Å². The fourth-order valence-electron chi connectivity index (χ4n) is 3.63. The van der Waals surface area contributed by atoms with Gasteiger partial charge in [-0.25, -0.2) is 0 Å². The molecule has 11 heteroatoms. The van der Waals surface area contributed by atoms with E-state index < -0.39 is 51.8 Å². The third-order valence-electron chi connectivity index (χ3n) is 5.13. The van der Waals surface area contributed by atoms with Crippen molar-refractivity contribution in [2.45, 2.75) is 23.9 Å². The van der Waals surface area contributed by atoms with Gasteiger partial charge in [-0.15, -0.1) is 0 Å². The first kappa shape index (κ1) is 24.3. The third kappa shape index (κ3) is 4.44. The number of alkyl halides is 9. The maximum Gasteiger partial charge on any atom is 0.416 e. The summed E-state index contributed by atoms with van der Waals surface area (Å²) in [5.41, 5.74) is 1.55. The second kappa shape index (κ2) is 7.89. The molecule has 4 N–H and O–H groups in total. The van der Waals surface area contributed by atoms with Crippen LogP contribution in [0.5, 0.6) is 0 Å². The predicted molar refractivity (Wildman–Crippen MR) is 104 cm³/mol. The van der Waals surface area contributed by atoms with Crippen LogP contribution in [0.15, 0.2) is 66.7 Å². The van der Waals surface area contributed by atoms with Gasteiger partial charge in [0.1, 0.15) is 5.41 Å². The molecule has 0 heterocycles. The van der Waals surface area contributed by atoms with E-state index >= 15 is 0 Å². The van der Waals surface area contributed by atoms with Crippen molar-refractivity contribution in [1.82, 2.24) is 0 Å². The fraction of sp³-hybridized carbons (Fsp3) is 0.182. The molecule has 3 rings (SSSR count). The second-order valence-corrected chi connectivity index (χ2v) is 7.29. The van der Waals surface area contributed by atoms with Gasteiger partial charge in [0.15, 0.2) is 0 Å². The number of halogens is 9. The fourth-order valence-corrected chi connectivity index (χ4v) is 3.63. The van der Waals surface area contributed by atoms with Crippen LogP contribution in [0.25, 0.3) is 0 Å². The number of anilines is 2. The summed E-state index contributed by atoms with van der Waals surface area (Å²) in [4.78, 5) is 0. The summed E-state index contributed by atoms with van der Waals surface area (Å²) in [6.07, 6.45) is -16.0. The molecule has 0 amide bonds. The van der Waals surface area contributed by atoms with Gasteiger partial charge in [0.2, 0.25) is 0 Å². The first-order valence-electron chi connectivity index (χ1n) is 9.15. The largest absolute Gasteiger partial charge is 0.416 e. The lowest BCUT2D eigenvalue weighted by Crippen LogP contribution is -2.45. The molecule has 0 saturated heterocycles. The first-order chi connectivity index (χ1) is 15.1. The lowest BCUT2D eigenvalue weighted by molar-refractivity contribution is -0.167. The number of nitrogens with two attached hydrogens (primary N) is 2. The van der Waals surface area contributed by atoms with Gasteiger partial charge < -0.3 is 11.5 Å². The summed E-state index contributed by atoms with van der Waals surface area (Å²) in [6.45, 7) is 0. The highest BCUT2D eigenvalue weighted by molar-refractivity contribution is 5.58. The van der Waals surface area contributed by atoms with Gasteiger partial charge in [-0.3, -0.25) is 0 Å². The Hall–Kier alpha value is -3.37. The van der Waals surface area contributed by atoms with E-state index in [-0.39, 0.29) is 29.6 Å². The first-order valence-corrected chi connectivity index (χ1v) is 9.15. The van der Waals surface area contributed by atoms with E-state index in [9.17, 15) is 39.5 Å². The molecule has 3 aromatic rings. The van der Waals surface area contributed by atoms with Crippen LogP contribution < -0.4 is 11.5 Å². The Labute approximate surface area is 181 Å². The Balaban J connectivity index is 2.54. The van der Waals surface area contributed by atoms with Crippen LogP contribution in [0.4, 0.5) is 50.9 Å². The number of rotatable bonds is 3. The quantitative estimate of drug-likeness (QED) is 0.248. The molecule has 0 bridgehead atoms. The van der Waals surface area contributed by atoms with Gasteiger partial charge in [0.05, 0.1) is 11.1 Å². The van der Waals surface area contributed by atoms with Gasteiger partial charge in [-0.1, -0.05) is 24.3 Å². The summed E-state index contributed by atoms with van der Waals surface area (Å²) in [5, 5.41) is 0. The highest BCUT2D eigenvalue weighted by Crippen LogP contribution is 2.53. The van der Waals surface area contributed by atoms with Crippen LogP contribution in [0.2, 0.25) is 0 Å². The summed E-state index contributed by atoms with van der Waals surface area (Å²) >= 11 is 0. The van der Waals surface area contributed by atoms with E-state index in [1.807, 2.05) is 0 Å². The van der Waals surface area contributed by atoms with Crippen molar-refractivity contribution in [1.29, 1.82) is 0 Å². The Morgan fingerprint density at radius 2 is 0.727 bits per heavy atom. The molecule has 0 aliphatic heterocycles. The van der Waals surface area contributed by atoms with E-state index in [1.54, 1.807) is 0 Å². The molecule has 33 heavy (non-hydrogen) atoms. The average molecular weight is 478 g/mol. The van der Waals surface area contributed by atoms with Crippen molar-refractivity contribution in [2.75, 3.05) is 11.5 Å². The average Bonchev–Trinajstić information content (AvgIpc) is 2.68. The van der Waals surface area contributed by atoms with E-state index in [2.05, 4.69) is 0 Å². The van der Waals surface area contributed by atoms with Gasteiger partial charge >= 0.3 is 18.5 Å². The Morgan fingerprint density at radius 3 is 1.00 bits per heavy atom. The predicted octanol–water partition coefficient (Wildman–Crippen LogP) is 6.79.